The quantitative estimate of drug-likeness (QED) is 0.238. The van der Waals surface area contributed by atoms with E-state index < -0.39 is 60.5 Å². The van der Waals surface area contributed by atoms with Crippen LogP contribution < -0.4 is 5.32 Å². The molecule has 0 aliphatic carbocycles. The molecule has 0 saturated carbocycles. The summed E-state index contributed by atoms with van der Waals surface area (Å²) >= 11 is 0. The van der Waals surface area contributed by atoms with Gasteiger partial charge in [-0.15, -0.1) is 0 Å². The number of nitrogens with one attached hydrogen (secondary N) is 1. The summed E-state index contributed by atoms with van der Waals surface area (Å²) < 4.78 is 6.71. The topological polar surface area (TPSA) is 178 Å². The Morgan fingerprint density at radius 1 is 1.26 bits per heavy atom. The largest absolute Gasteiger partial charge is 0.481 e. The molecule has 0 bridgehead atoms. The van der Waals surface area contributed by atoms with Crippen molar-refractivity contribution in [2.75, 3.05) is 0 Å². The minimum atomic E-state index is -3.07. The molecule has 3 atom stereocenters. The van der Waals surface area contributed by atoms with Crippen molar-refractivity contribution < 1.29 is 45.8 Å². The molecular weight excluding hydrogens is 314 g/mol. The molecule has 0 aliphatic heterocycles. The maximum atomic E-state index is 12.1. The minimum absolute atomic E-state index is 0.513. The van der Waals surface area contributed by atoms with Gasteiger partial charge in [-0.3, -0.25) is 14.4 Å². The molecule has 0 aliphatic rings. The molecular formula is C13H17NO9. The maximum Gasteiger partial charge on any atom is 0.337 e. The molecule has 0 saturated heterocycles. The summed E-state index contributed by atoms with van der Waals surface area (Å²) in [5, 5.41) is 38.7. The van der Waals surface area contributed by atoms with Gasteiger partial charge in [-0.2, -0.15) is 0 Å². The average molecular weight is 332 g/mol. The summed E-state index contributed by atoms with van der Waals surface area (Å²) in [6.07, 6.45) is -1.25. The number of carbonyl (C=O) groups is 5. The van der Waals surface area contributed by atoms with Gasteiger partial charge in [0.15, 0.2) is 5.60 Å². The Bertz CT molecular complexity index is 574. The molecule has 23 heavy (non-hydrogen) atoms. The summed E-state index contributed by atoms with van der Waals surface area (Å²) in [4.78, 5) is 55.5. The van der Waals surface area contributed by atoms with Gasteiger partial charge in [-0.25, -0.2) is 4.79 Å². The second-order valence-electron chi connectivity index (χ2n) is 4.62. The zero-order chi connectivity index (χ0) is 19.1. The van der Waals surface area contributed by atoms with E-state index in [9.17, 15) is 29.1 Å². The Hall–Kier alpha value is -2.75. The van der Waals surface area contributed by atoms with E-state index in [0.717, 1.165) is 19.1 Å². The van der Waals surface area contributed by atoms with Crippen LogP contribution in [0.3, 0.4) is 0 Å². The molecule has 0 unspecified atom stereocenters. The molecule has 1 amide bonds. The number of carbonyl (C=O) groups excluding carboxylic acids is 2. The Labute approximate surface area is 131 Å². The molecule has 10 heteroatoms. The van der Waals surface area contributed by atoms with Crippen molar-refractivity contribution in [1.29, 1.82) is 0 Å². The van der Waals surface area contributed by atoms with Crippen LogP contribution in [0.25, 0.3) is 0 Å². The lowest BCUT2D eigenvalue weighted by Gasteiger charge is -2.29. The first-order valence-corrected chi connectivity index (χ1v) is 6.28. The van der Waals surface area contributed by atoms with Crippen LogP contribution in [0.1, 0.15) is 21.1 Å². The lowest BCUT2D eigenvalue weighted by Crippen LogP contribution is -2.54. The van der Waals surface area contributed by atoms with Crippen LogP contribution in [0.5, 0.6) is 0 Å². The first-order chi connectivity index (χ1) is 10.9. The zero-order valence-electron chi connectivity index (χ0n) is 13.1. The summed E-state index contributed by atoms with van der Waals surface area (Å²) in [6.45, 7) is 1.07. The van der Waals surface area contributed by atoms with E-state index in [2.05, 4.69) is 0 Å². The third kappa shape index (κ3) is 5.87. The fraction of sp³-hybridized carbons (Fsp3) is 0.462. The smallest absolute Gasteiger partial charge is 0.337 e. The van der Waals surface area contributed by atoms with Crippen molar-refractivity contribution in [2.24, 2.45) is 5.92 Å². The average Bonchev–Trinajstić information content (AvgIpc) is 2.41. The van der Waals surface area contributed by atoms with Crippen molar-refractivity contribution in [3.63, 3.8) is 0 Å². The number of allylic oxidation sites excluding steroid dienone is 1. The highest BCUT2D eigenvalue weighted by atomic mass is 16.4. The highest BCUT2D eigenvalue weighted by molar-refractivity contribution is 5.94. The standard InChI is InChI=1S/C13H17NO9/c1-7(11(19)20)14-10(18)8(4-2-3-5-15)13(23,12(21)22)6-9(16)17/h2,4-5,7-8,23H,3,6H2,1H3,(H,14,18)(H,16,17)(H,19,20)(H,21,22)/b4-2+/t7-,8+,13-/m0/s1/i5D. The molecule has 0 rings (SSSR count). The molecule has 10 nitrogen and oxygen atoms in total. The highest BCUT2D eigenvalue weighted by Gasteiger charge is 2.49. The molecule has 0 spiro atoms. The van der Waals surface area contributed by atoms with Crippen molar-refractivity contribution in [3.05, 3.63) is 12.2 Å². The number of aliphatic carboxylic acids is 3. The Kier molecular flexibility index (Phi) is 6.87. The van der Waals surface area contributed by atoms with Crippen molar-refractivity contribution in [2.45, 2.75) is 31.4 Å². The number of rotatable bonds is 10. The Morgan fingerprint density at radius 2 is 1.83 bits per heavy atom. The molecule has 5 N–H and O–H groups in total. The highest BCUT2D eigenvalue weighted by Crippen LogP contribution is 2.25. The summed E-state index contributed by atoms with van der Waals surface area (Å²) in [6, 6.07) is -1.44. The lowest BCUT2D eigenvalue weighted by atomic mass is 9.83. The van der Waals surface area contributed by atoms with Crippen molar-refractivity contribution in [1.82, 2.24) is 5.32 Å². The molecule has 0 fully saturated rings. The number of carboxylic acid groups (broad SMARTS) is 3. The van der Waals surface area contributed by atoms with Gasteiger partial charge in [0, 0.05) is 6.42 Å². The third-order valence-corrected chi connectivity index (χ3v) is 2.85. The summed E-state index contributed by atoms with van der Waals surface area (Å²) in [5.41, 5.74) is -3.07. The molecule has 0 aromatic rings. The van der Waals surface area contributed by atoms with Gasteiger partial charge in [0.25, 0.3) is 0 Å². The predicted octanol–water partition coefficient (Wildman–Crippen LogP) is -1.37. The minimum Gasteiger partial charge on any atom is -0.481 e. The van der Waals surface area contributed by atoms with Gasteiger partial charge in [-0.05, 0) is 6.92 Å². The Balaban J connectivity index is 5.73. The second-order valence-corrected chi connectivity index (χ2v) is 4.62. The summed E-state index contributed by atoms with van der Waals surface area (Å²) in [5.74, 6) is -8.43. The van der Waals surface area contributed by atoms with E-state index >= 15 is 0 Å². The SMILES string of the molecule is [2H]C(=O)C/C=C/[C@H](C(=O)N[C@@H](C)C(=O)O)[C@@](O)(CC(=O)O)C(=O)O. The molecule has 0 radical (unpaired) electrons. The summed E-state index contributed by atoms with van der Waals surface area (Å²) in [7, 11) is 0. The Morgan fingerprint density at radius 3 is 2.22 bits per heavy atom. The molecule has 0 aromatic carbocycles. The van der Waals surface area contributed by atoms with Gasteiger partial charge in [-0.1, -0.05) is 12.2 Å². The van der Waals surface area contributed by atoms with E-state index in [1.54, 1.807) is 0 Å². The first kappa shape index (κ1) is 18.3. The number of aliphatic hydroxyl groups is 1. The number of carboxylic acids is 3. The fourth-order valence-corrected chi connectivity index (χ4v) is 1.63. The number of hydrogen-bond acceptors (Lipinski definition) is 6. The third-order valence-electron chi connectivity index (χ3n) is 2.85. The monoisotopic (exact) mass is 332 g/mol. The maximum absolute atomic E-state index is 12.1. The molecule has 128 valence electrons. The van der Waals surface area contributed by atoms with Gasteiger partial charge < -0.3 is 30.5 Å². The van der Waals surface area contributed by atoms with Gasteiger partial charge >= 0.3 is 17.9 Å². The fourth-order valence-electron chi connectivity index (χ4n) is 1.63. The molecule has 0 aromatic heterocycles. The van der Waals surface area contributed by atoms with Crippen LogP contribution in [0, 0.1) is 5.92 Å². The van der Waals surface area contributed by atoms with E-state index in [1.165, 1.54) is 0 Å². The van der Waals surface area contributed by atoms with E-state index in [0.29, 0.717) is 0 Å². The second kappa shape index (κ2) is 8.63. The first-order valence-electron chi connectivity index (χ1n) is 6.78. The van der Waals surface area contributed by atoms with Crippen LogP contribution >= 0.6 is 0 Å². The van der Waals surface area contributed by atoms with Gasteiger partial charge in [0.05, 0.1) is 12.3 Å². The zero-order valence-corrected chi connectivity index (χ0v) is 12.1. The number of amides is 1. The van der Waals surface area contributed by atoms with Crippen molar-refractivity contribution in [3.8, 4) is 0 Å². The van der Waals surface area contributed by atoms with Crippen LogP contribution in [0.15, 0.2) is 12.2 Å². The van der Waals surface area contributed by atoms with E-state index in [1.807, 2.05) is 5.32 Å². The van der Waals surface area contributed by atoms with Crippen LogP contribution in [0.2, 0.25) is 0 Å². The van der Waals surface area contributed by atoms with E-state index in [-0.39, 0.29) is 0 Å². The van der Waals surface area contributed by atoms with Crippen LogP contribution in [-0.2, 0) is 24.0 Å². The molecule has 0 heterocycles. The normalized spacial score (nSPS) is 16.7. The van der Waals surface area contributed by atoms with Gasteiger partial charge in [0.1, 0.15) is 13.7 Å². The van der Waals surface area contributed by atoms with E-state index in [4.69, 9.17) is 16.7 Å². The van der Waals surface area contributed by atoms with Crippen LogP contribution in [0.4, 0.5) is 0 Å². The predicted molar refractivity (Wildman–Crippen MR) is 73.4 cm³/mol. The van der Waals surface area contributed by atoms with Crippen LogP contribution in [-0.4, -0.2) is 62.1 Å². The number of aldehydes is 1. The van der Waals surface area contributed by atoms with Crippen molar-refractivity contribution >= 4 is 30.1 Å². The number of hydrogen-bond donors (Lipinski definition) is 5. The van der Waals surface area contributed by atoms with Gasteiger partial charge in [0.2, 0.25) is 5.91 Å². The lowest BCUT2D eigenvalue weighted by molar-refractivity contribution is -0.172.